The van der Waals surface area contributed by atoms with Crippen LogP contribution in [0.4, 0.5) is 0 Å². The van der Waals surface area contributed by atoms with Crippen molar-refractivity contribution in [2.45, 2.75) is 63.4 Å². The zero-order chi connectivity index (χ0) is 34.2. The largest absolute Gasteiger partial charge is 0.478 e. The Morgan fingerprint density at radius 3 is 2.21 bits per heavy atom. The minimum atomic E-state index is -0.958. The van der Waals surface area contributed by atoms with Crippen molar-refractivity contribution in [3.05, 3.63) is 125 Å². The van der Waals surface area contributed by atoms with Crippen LogP contribution in [0.1, 0.15) is 65.8 Å². The molecule has 1 saturated heterocycles. The molecular formula is C38H39NO8S. The number of aliphatic hydroxyl groups is 1. The Morgan fingerprint density at radius 1 is 0.875 bits per heavy atom. The van der Waals surface area contributed by atoms with Gasteiger partial charge in [-0.2, -0.15) is 0 Å². The monoisotopic (exact) mass is 669 g/mol. The predicted molar refractivity (Wildman–Crippen MR) is 182 cm³/mol. The molecule has 48 heavy (non-hydrogen) atoms. The van der Waals surface area contributed by atoms with Crippen LogP contribution in [-0.2, 0) is 37.0 Å². The van der Waals surface area contributed by atoms with Gasteiger partial charge >= 0.3 is 11.9 Å². The molecule has 10 heteroatoms. The van der Waals surface area contributed by atoms with Gasteiger partial charge in [0, 0.05) is 35.6 Å². The normalized spacial score (nSPS) is 19.7. The number of aromatic carboxylic acids is 1. The second-order valence-electron chi connectivity index (χ2n) is 11.8. The number of hydrogen-bond acceptors (Lipinski definition) is 8. The first-order valence-electron chi connectivity index (χ1n) is 15.7. The number of thioether (sulfide) groups is 1. The van der Waals surface area contributed by atoms with Gasteiger partial charge in [0.1, 0.15) is 0 Å². The van der Waals surface area contributed by atoms with Crippen LogP contribution in [0.2, 0.25) is 0 Å². The first kappa shape index (κ1) is 34.8. The van der Waals surface area contributed by atoms with Crippen molar-refractivity contribution >= 4 is 29.6 Å². The topological polar surface area (TPSA) is 131 Å². The van der Waals surface area contributed by atoms with E-state index in [2.05, 4.69) is 12.2 Å². The molecule has 1 amide bonds. The van der Waals surface area contributed by atoms with E-state index in [1.807, 2.05) is 84.9 Å². The number of benzene rings is 4. The molecule has 3 N–H and O–H groups in total. The van der Waals surface area contributed by atoms with Crippen molar-refractivity contribution in [1.82, 2.24) is 5.32 Å². The molecule has 1 aliphatic rings. The van der Waals surface area contributed by atoms with Gasteiger partial charge in [-0.15, -0.1) is 11.8 Å². The van der Waals surface area contributed by atoms with Crippen LogP contribution in [0.3, 0.4) is 0 Å². The number of amides is 1. The minimum absolute atomic E-state index is 0.00605. The van der Waals surface area contributed by atoms with Crippen LogP contribution in [0, 0.1) is 5.92 Å². The Kier molecular flexibility index (Phi) is 11.7. The number of hydrogen-bond donors (Lipinski definition) is 3. The molecule has 1 heterocycles. The fourth-order valence-corrected chi connectivity index (χ4v) is 6.58. The van der Waals surface area contributed by atoms with Gasteiger partial charge in [0.05, 0.1) is 24.4 Å². The molecule has 0 aromatic heterocycles. The van der Waals surface area contributed by atoms with Crippen molar-refractivity contribution < 1.29 is 38.8 Å². The molecule has 4 aromatic carbocycles. The molecule has 0 saturated carbocycles. The number of ether oxygens (including phenoxy) is 3. The molecule has 1 fully saturated rings. The smallest absolute Gasteiger partial charge is 0.335 e. The number of aliphatic hydroxyl groups excluding tert-OH is 1. The molecule has 5 atom stereocenters. The average molecular weight is 670 g/mol. The number of carboxylic acid groups (broad SMARTS) is 1. The SMILES string of the molecule is CC(=O)OC(C)C(=O)NCc1cccc(-c2ccc(C3OC(CSc4ccc(C(=O)O)cc4)C(C)C(c4ccc(CO)cc4)O3)cc2)c1. The summed E-state index contributed by atoms with van der Waals surface area (Å²) >= 11 is 1.61. The first-order chi connectivity index (χ1) is 23.1. The van der Waals surface area contributed by atoms with Crippen molar-refractivity contribution in [2.24, 2.45) is 5.92 Å². The van der Waals surface area contributed by atoms with Gasteiger partial charge in [-0.05, 0) is 65.1 Å². The maximum Gasteiger partial charge on any atom is 0.335 e. The summed E-state index contributed by atoms with van der Waals surface area (Å²) in [5, 5.41) is 21.6. The number of carboxylic acids is 1. The highest BCUT2D eigenvalue weighted by Gasteiger charge is 2.38. The van der Waals surface area contributed by atoms with Crippen molar-refractivity contribution in [3.63, 3.8) is 0 Å². The lowest BCUT2D eigenvalue weighted by atomic mass is 9.91. The van der Waals surface area contributed by atoms with E-state index in [1.165, 1.54) is 13.8 Å². The molecule has 0 bridgehead atoms. The fraction of sp³-hybridized carbons (Fsp3) is 0.289. The maximum absolute atomic E-state index is 12.3. The zero-order valence-electron chi connectivity index (χ0n) is 27.0. The van der Waals surface area contributed by atoms with Crippen LogP contribution < -0.4 is 5.32 Å². The summed E-state index contributed by atoms with van der Waals surface area (Å²) in [5.74, 6) is -1.18. The number of carbonyl (C=O) groups is 3. The summed E-state index contributed by atoms with van der Waals surface area (Å²) < 4.78 is 18.1. The first-order valence-corrected chi connectivity index (χ1v) is 16.7. The molecular weight excluding hydrogens is 630 g/mol. The van der Waals surface area contributed by atoms with E-state index < -0.39 is 24.3 Å². The van der Waals surface area contributed by atoms with Crippen LogP contribution in [0.25, 0.3) is 11.1 Å². The standard InChI is InChI=1S/C38H39NO8S/c1-23-34(22-48-33-17-15-30(16-18-33)37(43)44)46-38(47-35(23)29-9-7-26(21-40)8-10-29)31-13-11-28(12-14-31)32-6-4-5-27(19-32)20-39-36(42)24(2)45-25(3)41/h4-19,23-24,34-35,38,40H,20-22H2,1-3H3,(H,39,42)(H,43,44). The van der Waals surface area contributed by atoms with Crippen LogP contribution >= 0.6 is 11.8 Å². The Hall–Kier alpha value is -4.48. The lowest BCUT2D eigenvalue weighted by molar-refractivity contribution is -0.268. The summed E-state index contributed by atoms with van der Waals surface area (Å²) in [5.41, 5.74) is 5.80. The third-order valence-corrected chi connectivity index (χ3v) is 9.36. The second-order valence-corrected chi connectivity index (χ2v) is 12.8. The van der Waals surface area contributed by atoms with E-state index in [0.29, 0.717) is 12.3 Å². The average Bonchev–Trinajstić information content (AvgIpc) is 3.10. The molecule has 5 unspecified atom stereocenters. The fourth-order valence-electron chi connectivity index (χ4n) is 5.51. The third kappa shape index (κ3) is 8.90. The highest BCUT2D eigenvalue weighted by Crippen LogP contribution is 2.43. The highest BCUT2D eigenvalue weighted by atomic mass is 32.2. The molecule has 9 nitrogen and oxygen atoms in total. The number of esters is 1. The number of nitrogens with one attached hydrogen (secondary N) is 1. The van der Waals surface area contributed by atoms with Gasteiger partial charge in [-0.1, -0.05) is 73.7 Å². The summed E-state index contributed by atoms with van der Waals surface area (Å²) in [4.78, 5) is 35.7. The van der Waals surface area contributed by atoms with Gasteiger partial charge in [-0.3, -0.25) is 9.59 Å². The third-order valence-electron chi connectivity index (χ3n) is 8.26. The Balaban J connectivity index is 1.31. The lowest BCUT2D eigenvalue weighted by Crippen LogP contribution is -2.38. The van der Waals surface area contributed by atoms with Gasteiger partial charge in [0.2, 0.25) is 0 Å². The van der Waals surface area contributed by atoms with Gasteiger partial charge < -0.3 is 29.7 Å². The quantitative estimate of drug-likeness (QED) is 0.111. The van der Waals surface area contributed by atoms with E-state index in [4.69, 9.17) is 14.2 Å². The van der Waals surface area contributed by atoms with E-state index in [-0.39, 0.29) is 36.2 Å². The lowest BCUT2D eigenvalue weighted by Gasteiger charge is -2.41. The van der Waals surface area contributed by atoms with E-state index in [1.54, 1.807) is 23.9 Å². The zero-order valence-corrected chi connectivity index (χ0v) is 27.8. The van der Waals surface area contributed by atoms with E-state index in [9.17, 15) is 24.6 Å². The van der Waals surface area contributed by atoms with Gasteiger partial charge in [-0.25, -0.2) is 4.79 Å². The molecule has 0 radical (unpaired) electrons. The molecule has 0 spiro atoms. The number of rotatable bonds is 12. The van der Waals surface area contributed by atoms with Crippen molar-refractivity contribution in [1.29, 1.82) is 0 Å². The Labute approximate surface area is 284 Å². The second kappa shape index (κ2) is 16.1. The van der Waals surface area contributed by atoms with Gasteiger partial charge in [0.15, 0.2) is 12.4 Å². The maximum atomic E-state index is 12.3. The summed E-state index contributed by atoms with van der Waals surface area (Å²) in [6, 6.07) is 30.5. The summed E-state index contributed by atoms with van der Waals surface area (Å²) in [7, 11) is 0. The van der Waals surface area contributed by atoms with Crippen LogP contribution in [-0.4, -0.2) is 46.0 Å². The number of carbonyl (C=O) groups excluding carboxylic acids is 2. The van der Waals surface area contributed by atoms with Crippen molar-refractivity contribution in [2.75, 3.05) is 5.75 Å². The molecule has 4 aromatic rings. The Bertz CT molecular complexity index is 1710. The molecule has 5 rings (SSSR count). The molecule has 250 valence electrons. The summed E-state index contributed by atoms with van der Waals surface area (Å²) in [6.45, 7) is 5.17. The molecule has 0 aliphatic carbocycles. The minimum Gasteiger partial charge on any atom is -0.478 e. The van der Waals surface area contributed by atoms with Crippen LogP contribution in [0.15, 0.2) is 102 Å². The van der Waals surface area contributed by atoms with E-state index >= 15 is 0 Å². The highest BCUT2D eigenvalue weighted by molar-refractivity contribution is 7.99. The predicted octanol–water partition coefficient (Wildman–Crippen LogP) is 6.70. The van der Waals surface area contributed by atoms with Crippen molar-refractivity contribution in [3.8, 4) is 11.1 Å². The molecule has 1 aliphatic heterocycles. The van der Waals surface area contributed by atoms with E-state index in [0.717, 1.165) is 38.3 Å². The van der Waals surface area contributed by atoms with Crippen LogP contribution in [0.5, 0.6) is 0 Å². The van der Waals surface area contributed by atoms with Gasteiger partial charge in [0.25, 0.3) is 5.91 Å². The summed E-state index contributed by atoms with van der Waals surface area (Å²) in [6.07, 6.45) is -1.93. The Morgan fingerprint density at radius 2 is 1.56 bits per heavy atom.